The summed E-state index contributed by atoms with van der Waals surface area (Å²) in [5, 5.41) is 0. The maximum atomic E-state index is 13.0. The van der Waals surface area contributed by atoms with Crippen LogP contribution in [-0.2, 0) is 0 Å². The summed E-state index contributed by atoms with van der Waals surface area (Å²) in [6.45, 7) is 1.78. The number of aryl methyl sites for hydroxylation is 1. The Hall–Kier alpha value is -4.26. The van der Waals surface area contributed by atoms with Crippen molar-refractivity contribution in [3.63, 3.8) is 0 Å². The minimum absolute atomic E-state index is 0.209. The van der Waals surface area contributed by atoms with Crippen LogP contribution in [0.25, 0.3) is 6.08 Å². The molecule has 7 heteroatoms. The Morgan fingerprint density at radius 1 is 0.912 bits per heavy atom. The van der Waals surface area contributed by atoms with Crippen LogP contribution < -0.4 is 23.8 Å². The third-order valence-corrected chi connectivity index (χ3v) is 5.45. The molecule has 0 aliphatic carbocycles. The molecule has 3 aromatic rings. The van der Waals surface area contributed by atoms with E-state index in [0.717, 1.165) is 11.3 Å². The van der Waals surface area contributed by atoms with Gasteiger partial charge in [-0.05, 0) is 54.5 Å². The molecule has 1 aliphatic heterocycles. The number of Topliss-reactive ketones (excluding diaryl/α,β-unsaturated/α-hetero) is 1. The van der Waals surface area contributed by atoms with Gasteiger partial charge in [0.05, 0.1) is 25.3 Å². The van der Waals surface area contributed by atoms with E-state index < -0.39 is 5.97 Å². The minimum atomic E-state index is -0.586. The van der Waals surface area contributed by atoms with Gasteiger partial charge in [0.1, 0.15) is 23.0 Å². The second kappa shape index (κ2) is 9.31. The summed E-state index contributed by atoms with van der Waals surface area (Å²) in [5.74, 6) is 0.992. The monoisotopic (exact) mass is 459 g/mol. The number of hydrogen-bond donors (Lipinski definition) is 0. The van der Waals surface area contributed by atoms with Crippen LogP contribution in [0.5, 0.6) is 23.0 Å². The van der Waals surface area contributed by atoms with Crippen LogP contribution in [0.2, 0.25) is 0 Å². The van der Waals surface area contributed by atoms with Gasteiger partial charge in [0.25, 0.3) is 0 Å². The molecule has 0 atom stereocenters. The van der Waals surface area contributed by atoms with Gasteiger partial charge in [-0.3, -0.25) is 4.79 Å². The van der Waals surface area contributed by atoms with Gasteiger partial charge in [-0.15, -0.1) is 0 Å². The lowest BCUT2D eigenvalue weighted by Crippen LogP contribution is -2.09. The van der Waals surface area contributed by atoms with E-state index in [0.29, 0.717) is 28.4 Å². The number of esters is 1. The van der Waals surface area contributed by atoms with Crippen LogP contribution in [0.1, 0.15) is 31.8 Å². The highest BCUT2D eigenvalue weighted by Crippen LogP contribution is 2.38. The zero-order valence-corrected chi connectivity index (χ0v) is 19.7. The topological polar surface area (TPSA) is 74.3 Å². The number of hydrogen-bond acceptors (Lipinski definition) is 7. The first kappa shape index (κ1) is 22.9. The summed E-state index contributed by atoms with van der Waals surface area (Å²) >= 11 is 0. The number of carbonyl (C=O) groups is 2. The number of ether oxygens (including phenoxy) is 4. The first-order valence-electron chi connectivity index (χ1n) is 10.6. The van der Waals surface area contributed by atoms with Crippen molar-refractivity contribution >= 4 is 23.5 Å². The molecule has 1 heterocycles. The number of anilines is 1. The Bertz CT molecular complexity index is 1270. The van der Waals surface area contributed by atoms with Crippen molar-refractivity contribution in [3.8, 4) is 23.0 Å². The molecular formula is C27H25NO6. The van der Waals surface area contributed by atoms with Crippen molar-refractivity contribution in [2.45, 2.75) is 6.92 Å². The van der Waals surface area contributed by atoms with Crippen LogP contribution in [0.4, 0.5) is 5.69 Å². The van der Waals surface area contributed by atoms with Gasteiger partial charge in [0, 0.05) is 31.9 Å². The Kier molecular flexibility index (Phi) is 6.27. The molecule has 0 aromatic heterocycles. The lowest BCUT2D eigenvalue weighted by molar-refractivity contribution is 0.0733. The smallest absolute Gasteiger partial charge is 0.343 e. The molecule has 0 fully saturated rings. The first-order valence-corrected chi connectivity index (χ1v) is 10.6. The number of rotatable bonds is 6. The first-order chi connectivity index (χ1) is 16.3. The van der Waals surface area contributed by atoms with E-state index in [1.54, 1.807) is 43.3 Å². The zero-order chi connectivity index (χ0) is 24.4. The third kappa shape index (κ3) is 4.59. The summed E-state index contributed by atoms with van der Waals surface area (Å²) in [4.78, 5) is 27.7. The highest BCUT2D eigenvalue weighted by molar-refractivity contribution is 6.15. The summed E-state index contributed by atoms with van der Waals surface area (Å²) in [5.41, 5.74) is 3.28. The van der Waals surface area contributed by atoms with Crippen LogP contribution in [0.15, 0.2) is 60.4 Å². The molecule has 0 spiro atoms. The molecule has 0 bridgehead atoms. The van der Waals surface area contributed by atoms with E-state index in [-0.39, 0.29) is 22.9 Å². The summed E-state index contributed by atoms with van der Waals surface area (Å²) in [6, 6.07) is 15.8. The van der Waals surface area contributed by atoms with Crippen LogP contribution in [0.3, 0.4) is 0 Å². The lowest BCUT2D eigenvalue weighted by atomic mass is 10.0. The maximum Gasteiger partial charge on any atom is 0.343 e. The number of nitrogens with zero attached hydrogens (tertiary/aromatic N) is 1. The molecule has 0 unspecified atom stereocenters. The van der Waals surface area contributed by atoms with Crippen molar-refractivity contribution < 1.29 is 28.5 Å². The van der Waals surface area contributed by atoms with Gasteiger partial charge in [-0.1, -0.05) is 12.1 Å². The third-order valence-electron chi connectivity index (χ3n) is 5.45. The van der Waals surface area contributed by atoms with E-state index in [4.69, 9.17) is 18.9 Å². The van der Waals surface area contributed by atoms with Crippen LogP contribution in [-0.4, -0.2) is 40.1 Å². The predicted octanol–water partition coefficient (Wildman–Crippen LogP) is 4.91. The number of carbonyl (C=O) groups excluding carboxylic acids is 2. The number of methoxy groups -OCH3 is 2. The molecule has 174 valence electrons. The fraction of sp³-hybridized carbons (Fsp3) is 0.185. The average molecular weight is 459 g/mol. The van der Waals surface area contributed by atoms with Gasteiger partial charge < -0.3 is 23.8 Å². The molecular weight excluding hydrogens is 434 g/mol. The highest BCUT2D eigenvalue weighted by atomic mass is 16.5. The van der Waals surface area contributed by atoms with E-state index >= 15 is 0 Å². The zero-order valence-electron chi connectivity index (χ0n) is 19.7. The molecule has 0 saturated heterocycles. The van der Waals surface area contributed by atoms with Gasteiger partial charge in [0.15, 0.2) is 5.76 Å². The largest absolute Gasteiger partial charge is 0.497 e. The van der Waals surface area contributed by atoms with Crippen LogP contribution in [0, 0.1) is 6.92 Å². The van der Waals surface area contributed by atoms with Gasteiger partial charge in [0.2, 0.25) is 5.78 Å². The summed E-state index contributed by atoms with van der Waals surface area (Å²) < 4.78 is 21.8. The van der Waals surface area contributed by atoms with E-state index in [1.165, 1.54) is 14.2 Å². The lowest BCUT2D eigenvalue weighted by Gasteiger charge is -2.11. The maximum absolute atomic E-state index is 13.0. The Labute approximate surface area is 198 Å². The standard InChI is InChI=1S/C27H25NO6/c1-16-10-22(33-27(30)18-12-20(31-4)14-21(13-18)32-5)15-23-25(16)26(29)24(34-23)11-17-6-8-19(9-7-17)28(2)3/h6-15H,1-5H3/b24-11-. The molecule has 34 heavy (non-hydrogen) atoms. The van der Waals surface area contributed by atoms with Crippen molar-refractivity contribution in [2.24, 2.45) is 0 Å². The SMILES string of the molecule is COc1cc(OC)cc(C(=O)Oc2cc(C)c3c(c2)O/C(=C\c2ccc(N(C)C)cc2)C3=O)c1. The van der Waals surface area contributed by atoms with E-state index in [2.05, 4.69) is 0 Å². The molecule has 1 aliphatic rings. The number of ketones is 1. The van der Waals surface area contributed by atoms with Crippen molar-refractivity contribution in [1.82, 2.24) is 0 Å². The van der Waals surface area contributed by atoms with Crippen molar-refractivity contribution in [3.05, 3.63) is 82.6 Å². The molecule has 3 aromatic carbocycles. The van der Waals surface area contributed by atoms with Crippen molar-refractivity contribution in [1.29, 1.82) is 0 Å². The highest BCUT2D eigenvalue weighted by Gasteiger charge is 2.30. The molecule has 0 amide bonds. The second-order valence-electron chi connectivity index (χ2n) is 8.03. The molecule has 7 nitrogen and oxygen atoms in total. The number of benzene rings is 3. The van der Waals surface area contributed by atoms with Crippen LogP contribution >= 0.6 is 0 Å². The normalized spacial score (nSPS) is 13.3. The van der Waals surface area contributed by atoms with E-state index in [1.807, 2.05) is 43.3 Å². The van der Waals surface area contributed by atoms with Crippen molar-refractivity contribution in [2.75, 3.05) is 33.2 Å². The quantitative estimate of drug-likeness (QED) is 0.294. The molecule has 0 N–H and O–H groups in total. The summed E-state index contributed by atoms with van der Waals surface area (Å²) in [7, 11) is 6.94. The van der Waals surface area contributed by atoms with E-state index in [9.17, 15) is 9.59 Å². The second-order valence-corrected chi connectivity index (χ2v) is 8.03. The Morgan fingerprint density at radius 3 is 2.15 bits per heavy atom. The Balaban J connectivity index is 1.58. The van der Waals surface area contributed by atoms with Gasteiger partial charge in [-0.25, -0.2) is 4.79 Å². The average Bonchev–Trinajstić information content (AvgIpc) is 3.14. The number of fused-ring (bicyclic) bond motifs is 1. The predicted molar refractivity (Wildman–Crippen MR) is 129 cm³/mol. The fourth-order valence-electron chi connectivity index (χ4n) is 3.65. The molecule has 0 radical (unpaired) electrons. The minimum Gasteiger partial charge on any atom is -0.497 e. The molecule has 4 rings (SSSR count). The molecule has 0 saturated carbocycles. The number of allylic oxidation sites excluding steroid dienone is 1. The van der Waals surface area contributed by atoms with Gasteiger partial charge >= 0.3 is 5.97 Å². The fourth-order valence-corrected chi connectivity index (χ4v) is 3.65. The van der Waals surface area contributed by atoms with Gasteiger partial charge in [-0.2, -0.15) is 0 Å². The Morgan fingerprint density at radius 2 is 1.56 bits per heavy atom. The summed E-state index contributed by atoms with van der Waals surface area (Å²) in [6.07, 6.45) is 1.70.